The van der Waals surface area contributed by atoms with Crippen LogP contribution in [0, 0.1) is 20.8 Å². The van der Waals surface area contributed by atoms with Crippen molar-refractivity contribution in [1.82, 2.24) is 5.43 Å². The first-order valence-corrected chi connectivity index (χ1v) is 11.2. The lowest BCUT2D eigenvalue weighted by molar-refractivity contribution is -0.119. The summed E-state index contributed by atoms with van der Waals surface area (Å²) >= 11 is 0. The predicted octanol–water partition coefficient (Wildman–Crippen LogP) is 3.96. The van der Waals surface area contributed by atoms with Gasteiger partial charge in [0.1, 0.15) is 6.54 Å². The summed E-state index contributed by atoms with van der Waals surface area (Å²) < 4.78 is 27.7. The van der Waals surface area contributed by atoms with Crippen LogP contribution in [0.3, 0.4) is 0 Å². The molecule has 0 heterocycles. The lowest BCUT2D eigenvalue weighted by Crippen LogP contribution is -2.39. The van der Waals surface area contributed by atoms with Crippen LogP contribution in [0.25, 0.3) is 0 Å². The fourth-order valence-corrected chi connectivity index (χ4v) is 4.28. The highest BCUT2D eigenvalue weighted by Gasteiger charge is 2.27. The summed E-state index contributed by atoms with van der Waals surface area (Å²) in [6.45, 7) is 5.38. The van der Waals surface area contributed by atoms with E-state index in [1.54, 1.807) is 48.5 Å². The number of hydrazone groups is 1. The monoisotopic (exact) mass is 435 g/mol. The molecule has 0 spiro atoms. The Morgan fingerprint density at radius 2 is 1.32 bits per heavy atom. The molecule has 0 aliphatic rings. The molecule has 0 aromatic heterocycles. The van der Waals surface area contributed by atoms with Crippen LogP contribution < -0.4 is 9.73 Å². The van der Waals surface area contributed by atoms with Crippen molar-refractivity contribution in [1.29, 1.82) is 0 Å². The summed E-state index contributed by atoms with van der Waals surface area (Å²) in [6.07, 6.45) is 1.52. The Labute approximate surface area is 183 Å². The maximum absolute atomic E-state index is 13.3. The summed E-state index contributed by atoms with van der Waals surface area (Å²) in [4.78, 5) is 12.7. The average molecular weight is 436 g/mol. The third kappa shape index (κ3) is 5.79. The van der Waals surface area contributed by atoms with Crippen LogP contribution in [0.2, 0.25) is 0 Å². The zero-order valence-corrected chi connectivity index (χ0v) is 18.6. The number of nitrogens with one attached hydrogen (secondary N) is 1. The zero-order valence-electron chi connectivity index (χ0n) is 17.7. The summed E-state index contributed by atoms with van der Waals surface area (Å²) in [5.74, 6) is -0.542. The molecule has 160 valence electrons. The molecule has 3 rings (SSSR count). The quantitative estimate of drug-likeness (QED) is 0.451. The van der Waals surface area contributed by atoms with E-state index in [0.717, 1.165) is 26.6 Å². The van der Waals surface area contributed by atoms with Gasteiger partial charge in [-0.1, -0.05) is 65.2 Å². The lowest BCUT2D eigenvalue weighted by atomic mass is 10.2. The molecule has 1 amide bonds. The number of carbonyl (C=O) groups is 1. The van der Waals surface area contributed by atoms with E-state index in [2.05, 4.69) is 10.5 Å². The summed E-state index contributed by atoms with van der Waals surface area (Å²) in [5, 5.41) is 3.95. The molecule has 3 aromatic carbocycles. The number of hydrogen-bond donors (Lipinski definition) is 1. The highest BCUT2D eigenvalue weighted by molar-refractivity contribution is 7.92. The Hall–Kier alpha value is -3.45. The summed E-state index contributed by atoms with van der Waals surface area (Å²) in [7, 11) is -3.94. The van der Waals surface area contributed by atoms with Gasteiger partial charge in [-0.3, -0.25) is 9.10 Å². The topological polar surface area (TPSA) is 78.8 Å². The normalized spacial score (nSPS) is 11.5. The van der Waals surface area contributed by atoms with Gasteiger partial charge >= 0.3 is 0 Å². The molecule has 1 N–H and O–H groups in total. The van der Waals surface area contributed by atoms with Crippen LogP contribution in [0.5, 0.6) is 0 Å². The first-order valence-electron chi connectivity index (χ1n) is 9.80. The molecule has 7 heteroatoms. The molecule has 0 bridgehead atoms. The van der Waals surface area contributed by atoms with Crippen LogP contribution in [0.4, 0.5) is 5.69 Å². The van der Waals surface area contributed by atoms with Gasteiger partial charge in [-0.15, -0.1) is 0 Å². The zero-order chi connectivity index (χ0) is 22.4. The van der Waals surface area contributed by atoms with Gasteiger partial charge in [-0.25, -0.2) is 13.8 Å². The molecular formula is C24H25N3O3S. The fourth-order valence-electron chi connectivity index (χ4n) is 2.86. The van der Waals surface area contributed by atoms with Crippen molar-refractivity contribution in [3.05, 3.63) is 95.1 Å². The van der Waals surface area contributed by atoms with E-state index in [-0.39, 0.29) is 4.90 Å². The average Bonchev–Trinajstić information content (AvgIpc) is 2.74. The van der Waals surface area contributed by atoms with Crippen molar-refractivity contribution in [2.24, 2.45) is 5.10 Å². The standard InChI is InChI=1S/C24H25N3O3S/c1-18-4-10-21(11-5-18)16-25-26-24(28)17-27(22-12-6-19(2)7-13-22)31(29,30)23-14-8-20(3)9-15-23/h4-16H,17H2,1-3H3,(H,26,28)/b25-16-. The number of nitrogens with zero attached hydrogens (tertiary/aromatic N) is 2. The third-order valence-corrected chi connectivity index (χ3v) is 6.49. The first-order chi connectivity index (χ1) is 14.8. The van der Waals surface area contributed by atoms with E-state index in [0.29, 0.717) is 5.69 Å². The van der Waals surface area contributed by atoms with Gasteiger partial charge in [-0.2, -0.15) is 5.10 Å². The SMILES string of the molecule is Cc1ccc(/C=N\NC(=O)CN(c2ccc(C)cc2)S(=O)(=O)c2ccc(C)cc2)cc1. The molecule has 0 aliphatic heterocycles. The van der Waals surface area contributed by atoms with E-state index in [4.69, 9.17) is 0 Å². The maximum atomic E-state index is 13.3. The molecule has 0 fully saturated rings. The van der Waals surface area contributed by atoms with Crippen LogP contribution in [-0.2, 0) is 14.8 Å². The number of amides is 1. The highest BCUT2D eigenvalue weighted by atomic mass is 32.2. The van der Waals surface area contributed by atoms with Crippen molar-refractivity contribution >= 4 is 27.8 Å². The molecule has 0 saturated heterocycles. The second kappa shape index (κ2) is 9.57. The van der Waals surface area contributed by atoms with E-state index in [1.807, 2.05) is 45.0 Å². The molecule has 0 saturated carbocycles. The molecule has 0 atom stereocenters. The number of hydrogen-bond acceptors (Lipinski definition) is 4. The minimum absolute atomic E-state index is 0.120. The van der Waals surface area contributed by atoms with Crippen molar-refractivity contribution in [3.8, 4) is 0 Å². The van der Waals surface area contributed by atoms with Crippen LogP contribution in [0.1, 0.15) is 22.3 Å². The van der Waals surface area contributed by atoms with E-state index < -0.39 is 22.5 Å². The molecule has 0 aliphatic carbocycles. The smallest absolute Gasteiger partial charge is 0.264 e. The Bertz CT molecular complexity index is 1170. The van der Waals surface area contributed by atoms with Crippen LogP contribution in [0.15, 0.2) is 82.8 Å². The van der Waals surface area contributed by atoms with Gasteiger partial charge in [-0.05, 0) is 50.6 Å². The largest absolute Gasteiger partial charge is 0.271 e. The van der Waals surface area contributed by atoms with Gasteiger partial charge in [0.2, 0.25) is 0 Å². The van der Waals surface area contributed by atoms with Gasteiger partial charge in [0, 0.05) is 0 Å². The maximum Gasteiger partial charge on any atom is 0.264 e. The minimum atomic E-state index is -3.94. The highest BCUT2D eigenvalue weighted by Crippen LogP contribution is 2.24. The second-order valence-corrected chi connectivity index (χ2v) is 9.23. The predicted molar refractivity (Wildman–Crippen MR) is 124 cm³/mol. The van der Waals surface area contributed by atoms with E-state index in [9.17, 15) is 13.2 Å². The van der Waals surface area contributed by atoms with Crippen molar-refractivity contribution in [3.63, 3.8) is 0 Å². The molecule has 0 unspecified atom stereocenters. The third-order valence-electron chi connectivity index (χ3n) is 4.70. The van der Waals surface area contributed by atoms with Crippen LogP contribution >= 0.6 is 0 Å². The van der Waals surface area contributed by atoms with E-state index in [1.165, 1.54) is 6.21 Å². The van der Waals surface area contributed by atoms with E-state index >= 15 is 0 Å². The van der Waals surface area contributed by atoms with Crippen molar-refractivity contribution in [2.45, 2.75) is 25.7 Å². The van der Waals surface area contributed by atoms with Gasteiger partial charge in [0.25, 0.3) is 15.9 Å². The minimum Gasteiger partial charge on any atom is -0.271 e. The Morgan fingerprint density at radius 1 is 0.839 bits per heavy atom. The Balaban J connectivity index is 1.82. The number of carbonyl (C=O) groups excluding carboxylic acids is 1. The van der Waals surface area contributed by atoms with Crippen LogP contribution in [-0.4, -0.2) is 27.1 Å². The molecule has 6 nitrogen and oxygen atoms in total. The molecule has 0 radical (unpaired) electrons. The van der Waals surface area contributed by atoms with Gasteiger partial charge in [0.15, 0.2) is 0 Å². The first kappa shape index (κ1) is 22.2. The second-order valence-electron chi connectivity index (χ2n) is 7.36. The Kier molecular flexibility index (Phi) is 6.87. The molecule has 3 aromatic rings. The number of anilines is 1. The number of sulfonamides is 1. The van der Waals surface area contributed by atoms with Gasteiger partial charge < -0.3 is 0 Å². The molecule has 31 heavy (non-hydrogen) atoms. The van der Waals surface area contributed by atoms with Crippen molar-refractivity contribution < 1.29 is 13.2 Å². The number of benzene rings is 3. The van der Waals surface area contributed by atoms with Crippen molar-refractivity contribution in [2.75, 3.05) is 10.8 Å². The fraction of sp³-hybridized carbons (Fsp3) is 0.167. The summed E-state index contributed by atoms with van der Waals surface area (Å²) in [6, 6.07) is 21.2. The number of rotatable bonds is 7. The Morgan fingerprint density at radius 3 is 1.87 bits per heavy atom. The molecular weight excluding hydrogens is 410 g/mol. The number of aryl methyl sites for hydroxylation is 3. The van der Waals surface area contributed by atoms with Gasteiger partial charge in [0.05, 0.1) is 16.8 Å². The lowest BCUT2D eigenvalue weighted by Gasteiger charge is -2.24. The summed E-state index contributed by atoms with van der Waals surface area (Å²) in [5.41, 5.74) is 6.71.